The van der Waals surface area contributed by atoms with Gasteiger partial charge in [0.1, 0.15) is 0 Å². The highest BCUT2D eigenvalue weighted by Crippen LogP contribution is 2.23. The maximum Gasteiger partial charge on any atom is 0.0164 e. The first-order valence-corrected chi connectivity index (χ1v) is 5.91. The second kappa shape index (κ2) is 6.86. The summed E-state index contributed by atoms with van der Waals surface area (Å²) in [7, 11) is 0. The number of unbranched alkanes of at least 4 members (excludes halogenated alkanes) is 2. The smallest absolute Gasteiger partial charge is 0.0164 e. The molecule has 0 aromatic rings. The quantitative estimate of drug-likeness (QED) is 0.576. The van der Waals surface area contributed by atoms with Crippen molar-refractivity contribution in [2.75, 3.05) is 0 Å². The van der Waals surface area contributed by atoms with E-state index in [1.807, 2.05) is 0 Å². The molecule has 0 heteroatoms. The molecule has 1 rings (SSSR count). The largest absolute Gasteiger partial charge is 0.0654 e. The molecule has 0 nitrogen and oxygen atoms in total. The van der Waals surface area contributed by atoms with Crippen molar-refractivity contribution in [1.29, 1.82) is 0 Å². The van der Waals surface area contributed by atoms with Crippen LogP contribution in [0.2, 0.25) is 0 Å². The van der Waals surface area contributed by atoms with Crippen LogP contribution in [0.25, 0.3) is 0 Å². The van der Waals surface area contributed by atoms with Crippen LogP contribution in [0, 0.1) is 12.5 Å². The highest BCUT2D eigenvalue weighted by Gasteiger charge is 2.06. The maximum atomic E-state index is 3.47. The first-order valence-electron chi connectivity index (χ1n) is 5.91. The molecule has 0 bridgehead atoms. The minimum absolute atomic E-state index is 1.02. The Morgan fingerprint density at radius 1 is 1.14 bits per heavy atom. The molecule has 1 aliphatic carbocycles. The van der Waals surface area contributed by atoms with Crippen molar-refractivity contribution in [3.8, 4) is 0 Å². The zero-order valence-corrected chi connectivity index (χ0v) is 9.53. The molecular formula is C14H21. The molecule has 0 atom stereocenters. The Hall–Kier alpha value is -0.520. The lowest BCUT2D eigenvalue weighted by atomic mass is 9.92. The SMILES string of the molecule is CCCCC1=[C]C=C(CCCC)[C]C1. The molecule has 0 saturated heterocycles. The van der Waals surface area contributed by atoms with Crippen molar-refractivity contribution >= 4 is 0 Å². The summed E-state index contributed by atoms with van der Waals surface area (Å²) in [6.45, 7) is 4.47. The third-order valence-electron chi connectivity index (χ3n) is 2.61. The van der Waals surface area contributed by atoms with Gasteiger partial charge in [-0.05, 0) is 38.2 Å². The first-order chi connectivity index (χ1) is 6.86. The zero-order chi connectivity index (χ0) is 10.2. The third kappa shape index (κ3) is 4.13. The minimum atomic E-state index is 1.02. The molecule has 14 heavy (non-hydrogen) atoms. The van der Waals surface area contributed by atoms with Gasteiger partial charge in [-0.1, -0.05) is 43.9 Å². The number of hydrogen-bond acceptors (Lipinski definition) is 0. The van der Waals surface area contributed by atoms with Crippen LogP contribution in [0.3, 0.4) is 0 Å². The summed E-state index contributed by atoms with van der Waals surface area (Å²) < 4.78 is 0. The molecule has 0 N–H and O–H groups in total. The highest BCUT2D eigenvalue weighted by molar-refractivity contribution is 5.27. The monoisotopic (exact) mass is 189 g/mol. The molecule has 1 aliphatic rings. The predicted molar refractivity (Wildman–Crippen MR) is 61.7 cm³/mol. The fraction of sp³-hybridized carbons (Fsp3) is 0.643. The molecule has 0 aromatic carbocycles. The van der Waals surface area contributed by atoms with Crippen LogP contribution in [0.15, 0.2) is 17.2 Å². The second-order valence-corrected chi connectivity index (χ2v) is 3.98. The first kappa shape index (κ1) is 11.6. The van der Waals surface area contributed by atoms with E-state index in [1.165, 1.54) is 49.7 Å². The van der Waals surface area contributed by atoms with E-state index in [9.17, 15) is 0 Å². The number of rotatable bonds is 6. The summed E-state index contributed by atoms with van der Waals surface area (Å²) >= 11 is 0. The molecule has 0 heterocycles. The molecular weight excluding hydrogens is 168 g/mol. The molecule has 77 valence electrons. The second-order valence-electron chi connectivity index (χ2n) is 3.98. The van der Waals surface area contributed by atoms with Crippen molar-refractivity contribution in [3.05, 3.63) is 29.7 Å². The average molecular weight is 189 g/mol. The normalized spacial score (nSPS) is 16.4. The topological polar surface area (TPSA) is 0 Å². The van der Waals surface area contributed by atoms with E-state index >= 15 is 0 Å². The van der Waals surface area contributed by atoms with Crippen molar-refractivity contribution in [2.45, 2.75) is 58.8 Å². The van der Waals surface area contributed by atoms with Gasteiger partial charge >= 0.3 is 0 Å². The Kier molecular flexibility index (Phi) is 5.66. The van der Waals surface area contributed by atoms with Crippen LogP contribution in [0.4, 0.5) is 0 Å². The summed E-state index contributed by atoms with van der Waals surface area (Å²) in [4.78, 5) is 0. The van der Waals surface area contributed by atoms with Gasteiger partial charge < -0.3 is 0 Å². The van der Waals surface area contributed by atoms with Crippen molar-refractivity contribution < 1.29 is 0 Å². The van der Waals surface area contributed by atoms with Crippen molar-refractivity contribution in [1.82, 2.24) is 0 Å². The van der Waals surface area contributed by atoms with Gasteiger partial charge in [-0.25, -0.2) is 0 Å². The van der Waals surface area contributed by atoms with E-state index in [0.717, 1.165) is 6.42 Å². The summed E-state index contributed by atoms with van der Waals surface area (Å²) in [5.41, 5.74) is 2.80. The van der Waals surface area contributed by atoms with Gasteiger partial charge in [0.05, 0.1) is 0 Å². The van der Waals surface area contributed by atoms with Gasteiger partial charge in [0.2, 0.25) is 0 Å². The van der Waals surface area contributed by atoms with E-state index in [0.29, 0.717) is 0 Å². The molecule has 0 aliphatic heterocycles. The Balaban J connectivity index is 2.31. The summed E-state index contributed by atoms with van der Waals surface area (Å²) in [6, 6.07) is 0. The molecule has 0 amide bonds. The fourth-order valence-corrected chi connectivity index (χ4v) is 1.59. The van der Waals surface area contributed by atoms with E-state index in [2.05, 4.69) is 32.4 Å². The Morgan fingerprint density at radius 2 is 1.86 bits per heavy atom. The van der Waals surface area contributed by atoms with E-state index in [4.69, 9.17) is 0 Å². The summed E-state index contributed by atoms with van der Waals surface area (Å²) in [5, 5.41) is 0. The standard InChI is InChI=1S/C14H21/c1-3-5-7-13-9-11-14(12-10-13)8-6-4-2/h9H,3-8,12H2,1-2H3. The van der Waals surface area contributed by atoms with Gasteiger partial charge in [-0.3, -0.25) is 0 Å². The molecule has 0 aromatic heterocycles. The van der Waals surface area contributed by atoms with E-state index in [1.54, 1.807) is 0 Å². The van der Waals surface area contributed by atoms with E-state index < -0.39 is 0 Å². The lowest BCUT2D eigenvalue weighted by Gasteiger charge is -2.12. The van der Waals surface area contributed by atoms with Crippen LogP contribution in [-0.2, 0) is 0 Å². The lowest BCUT2D eigenvalue weighted by Crippen LogP contribution is -1.95. The summed E-state index contributed by atoms with van der Waals surface area (Å²) in [5.74, 6) is 0. The average Bonchev–Trinajstić information content (AvgIpc) is 2.25. The molecule has 0 spiro atoms. The Bertz CT molecular complexity index is 184. The van der Waals surface area contributed by atoms with Gasteiger partial charge in [0.15, 0.2) is 0 Å². The van der Waals surface area contributed by atoms with Crippen LogP contribution in [0.1, 0.15) is 58.8 Å². The zero-order valence-electron chi connectivity index (χ0n) is 9.53. The lowest BCUT2D eigenvalue weighted by molar-refractivity contribution is 0.748. The third-order valence-corrected chi connectivity index (χ3v) is 2.61. The fourth-order valence-electron chi connectivity index (χ4n) is 1.59. The summed E-state index contributed by atoms with van der Waals surface area (Å²) in [6.07, 6.45) is 17.6. The van der Waals surface area contributed by atoms with Gasteiger partial charge in [-0.15, -0.1) is 0 Å². The van der Waals surface area contributed by atoms with Crippen LogP contribution in [0.5, 0.6) is 0 Å². The minimum Gasteiger partial charge on any atom is -0.0654 e. The maximum absolute atomic E-state index is 3.47. The number of hydrogen-bond donors (Lipinski definition) is 0. The van der Waals surface area contributed by atoms with Gasteiger partial charge in [0.25, 0.3) is 0 Å². The molecule has 0 unspecified atom stereocenters. The van der Waals surface area contributed by atoms with E-state index in [-0.39, 0.29) is 0 Å². The predicted octanol–water partition coefficient (Wildman–Crippen LogP) is 4.51. The number of allylic oxidation sites excluding steroid dienone is 4. The van der Waals surface area contributed by atoms with Crippen LogP contribution < -0.4 is 0 Å². The van der Waals surface area contributed by atoms with Gasteiger partial charge in [0, 0.05) is 6.42 Å². The van der Waals surface area contributed by atoms with Crippen molar-refractivity contribution in [3.63, 3.8) is 0 Å². The Labute approximate surface area is 89.1 Å². The highest BCUT2D eigenvalue weighted by atomic mass is 14.1. The van der Waals surface area contributed by atoms with Crippen molar-refractivity contribution in [2.24, 2.45) is 0 Å². The molecule has 3 radical (unpaired) electrons. The Morgan fingerprint density at radius 3 is 2.43 bits per heavy atom. The van der Waals surface area contributed by atoms with Crippen LogP contribution >= 0.6 is 0 Å². The van der Waals surface area contributed by atoms with Gasteiger partial charge in [-0.2, -0.15) is 0 Å². The molecule has 0 fully saturated rings. The van der Waals surface area contributed by atoms with Crippen LogP contribution in [-0.4, -0.2) is 0 Å². The molecule has 0 saturated carbocycles.